The third-order valence-electron chi connectivity index (χ3n) is 0. The van der Waals surface area contributed by atoms with Crippen LogP contribution in [0.15, 0.2) is 0 Å². The lowest BCUT2D eigenvalue weighted by Gasteiger charge is -1.61. The molecule has 0 bridgehead atoms. The molecule has 0 aromatic rings. The average molecular weight is 135 g/mol. The van der Waals surface area contributed by atoms with Crippen molar-refractivity contribution >= 4 is 24.8 Å². The molecule has 6 heteroatoms. The summed E-state index contributed by atoms with van der Waals surface area (Å²) in [6.07, 6.45) is 0. The first-order chi connectivity index (χ1) is 1.73. The van der Waals surface area contributed by atoms with E-state index in [0.29, 0.717) is 0 Å². The highest BCUT2D eigenvalue weighted by Gasteiger charge is 1.57. The van der Waals surface area contributed by atoms with Crippen LogP contribution < -0.4 is 5.84 Å². The van der Waals surface area contributed by atoms with Crippen molar-refractivity contribution in [3.8, 4) is 0 Å². The average Bonchev–Trinajstić information content (AvgIpc) is 0.811. The van der Waals surface area contributed by atoms with E-state index in [1.807, 2.05) is 0 Å². The second kappa shape index (κ2) is 8.84. The van der Waals surface area contributed by atoms with Crippen molar-refractivity contribution in [1.29, 1.82) is 0 Å². The maximum atomic E-state index is 8.58. The van der Waals surface area contributed by atoms with Crippen LogP contribution in [0.2, 0.25) is 0 Å². The Morgan fingerprint density at radius 2 is 1.50 bits per heavy atom. The molecule has 0 saturated carbocycles. The van der Waals surface area contributed by atoms with Gasteiger partial charge in [-0.1, -0.05) is 0 Å². The molecule has 0 heterocycles. The van der Waals surface area contributed by atoms with Crippen molar-refractivity contribution in [1.82, 2.24) is 0 Å². The Bertz CT molecular complexity index is 32.5. The van der Waals surface area contributed by atoms with Gasteiger partial charge in [0.25, 0.3) is 0 Å². The lowest BCUT2D eigenvalue weighted by molar-refractivity contribution is -0.491. The van der Waals surface area contributed by atoms with Gasteiger partial charge < -0.3 is 0 Å². The molecule has 0 unspecified atom stereocenters. The van der Waals surface area contributed by atoms with Gasteiger partial charge in [0.2, 0.25) is 0 Å². The highest BCUT2D eigenvalue weighted by molar-refractivity contribution is 5.85. The molecule has 40 valence electrons. The van der Waals surface area contributed by atoms with E-state index in [-0.39, 0.29) is 24.8 Å². The van der Waals surface area contributed by atoms with Crippen LogP contribution in [0.4, 0.5) is 0 Å². The maximum absolute atomic E-state index is 8.58. The number of hydrogen-bond donors (Lipinski definition) is 1. The Morgan fingerprint density at radius 3 is 1.50 bits per heavy atom. The number of hydrogen-bond acceptors (Lipinski definition) is 2. The molecule has 0 aliphatic carbocycles. The van der Waals surface area contributed by atoms with Crippen LogP contribution in [0.5, 0.6) is 0 Å². The van der Waals surface area contributed by atoms with Crippen LogP contribution in [0.3, 0.4) is 0 Å². The quantitative estimate of drug-likeness (QED) is 0.288. The summed E-state index contributed by atoms with van der Waals surface area (Å²) in [5.74, 6) is 3.83. The minimum atomic E-state index is -1.00. The van der Waals surface area contributed by atoms with Crippen molar-refractivity contribution < 1.29 is 5.03 Å². The lowest BCUT2D eigenvalue weighted by Crippen LogP contribution is -2.04. The Labute approximate surface area is 46.6 Å². The second-order valence-corrected chi connectivity index (χ2v) is 0.285. The molecule has 0 saturated heterocycles. The molecule has 0 aliphatic rings. The topological polar surface area (TPSA) is 69.2 Å². The largest absolute Gasteiger partial charge is 0.235 e. The van der Waals surface area contributed by atoms with E-state index in [9.17, 15) is 0 Å². The van der Waals surface area contributed by atoms with E-state index in [4.69, 9.17) is 10.1 Å². The van der Waals surface area contributed by atoms with Gasteiger partial charge in [-0.05, 0) is 0 Å². The van der Waals surface area contributed by atoms with Gasteiger partial charge in [0.15, 0.2) is 5.03 Å². The summed E-state index contributed by atoms with van der Waals surface area (Å²) in [5, 5.41) is 7.58. The van der Waals surface area contributed by atoms with Crippen LogP contribution in [-0.4, -0.2) is 5.03 Å². The van der Waals surface area contributed by atoms with Crippen LogP contribution in [-0.2, 0) is 0 Å². The molecule has 0 atom stereocenters. The number of hydrazine groups is 1. The standard InChI is InChI=1S/2ClH.H2N2O2/c;;1-2(3)4/h2*1H;1H2. The molecular weight excluding hydrogens is 131 g/mol. The molecule has 0 aliphatic heterocycles. The van der Waals surface area contributed by atoms with E-state index in [2.05, 4.69) is 5.84 Å². The summed E-state index contributed by atoms with van der Waals surface area (Å²) in [5.41, 5.74) is 0. The van der Waals surface area contributed by atoms with Crippen molar-refractivity contribution in [3.63, 3.8) is 0 Å². The van der Waals surface area contributed by atoms with Gasteiger partial charge in [0, 0.05) is 0 Å². The summed E-state index contributed by atoms with van der Waals surface area (Å²) in [6, 6.07) is 0. The molecule has 0 rings (SSSR count). The van der Waals surface area contributed by atoms with E-state index < -0.39 is 5.03 Å². The zero-order valence-electron chi connectivity index (χ0n) is 2.66. The van der Waals surface area contributed by atoms with Crippen molar-refractivity contribution in [2.45, 2.75) is 0 Å². The van der Waals surface area contributed by atoms with Crippen molar-refractivity contribution in [2.75, 3.05) is 0 Å². The molecule has 0 fully saturated rings. The fourth-order valence-electron chi connectivity index (χ4n) is 0. The van der Waals surface area contributed by atoms with E-state index in [0.717, 1.165) is 0 Å². The second-order valence-electron chi connectivity index (χ2n) is 0.285. The fraction of sp³-hybridized carbons (Fsp3) is 0. The summed E-state index contributed by atoms with van der Waals surface area (Å²) in [6.45, 7) is 0. The van der Waals surface area contributed by atoms with Crippen molar-refractivity contribution in [2.24, 2.45) is 5.84 Å². The first kappa shape index (κ1) is 17.1. The summed E-state index contributed by atoms with van der Waals surface area (Å²) < 4.78 is 0. The van der Waals surface area contributed by atoms with Gasteiger partial charge in [0.1, 0.15) is 0 Å². The Morgan fingerprint density at radius 1 is 1.50 bits per heavy atom. The van der Waals surface area contributed by atoms with Gasteiger partial charge in [-0.3, -0.25) is 0 Å². The van der Waals surface area contributed by atoms with E-state index >= 15 is 0 Å². The zero-order valence-corrected chi connectivity index (χ0v) is 4.29. The number of nitrogens with zero attached hydrogens (tertiary/aromatic N) is 1. The molecule has 2 N–H and O–H groups in total. The summed E-state index contributed by atoms with van der Waals surface area (Å²) in [7, 11) is 0. The maximum Gasteiger partial charge on any atom is 0.154 e. The lowest BCUT2D eigenvalue weighted by atomic mass is 12.8. The minimum Gasteiger partial charge on any atom is -0.235 e. The van der Waals surface area contributed by atoms with E-state index in [1.165, 1.54) is 0 Å². The molecule has 6 heavy (non-hydrogen) atoms. The minimum absolute atomic E-state index is 0. The number of halogens is 2. The van der Waals surface area contributed by atoms with Crippen molar-refractivity contribution in [3.05, 3.63) is 10.1 Å². The third kappa shape index (κ3) is 604. The molecule has 0 spiro atoms. The summed E-state index contributed by atoms with van der Waals surface area (Å²) >= 11 is 0. The number of rotatable bonds is 0. The third-order valence-corrected chi connectivity index (χ3v) is 0. The molecule has 4 nitrogen and oxygen atoms in total. The van der Waals surface area contributed by atoms with Crippen LogP contribution >= 0.6 is 24.8 Å². The first-order valence-electron chi connectivity index (χ1n) is 0.623. The smallest absolute Gasteiger partial charge is 0.154 e. The van der Waals surface area contributed by atoms with Gasteiger partial charge in [-0.25, -0.2) is 10.1 Å². The number of nitro groups is 1. The van der Waals surface area contributed by atoms with Crippen LogP contribution in [0.25, 0.3) is 0 Å². The zero-order chi connectivity index (χ0) is 3.58. The SMILES string of the molecule is Cl.Cl.N[N+](=O)[O-]. The molecule has 0 radical (unpaired) electrons. The Hall–Kier alpha value is -0.220. The molecule has 0 aromatic heterocycles. The first-order valence-corrected chi connectivity index (χ1v) is 0.623. The van der Waals surface area contributed by atoms with E-state index in [1.54, 1.807) is 0 Å². The molecule has 0 amide bonds. The summed E-state index contributed by atoms with van der Waals surface area (Å²) in [4.78, 5) is 8.58. The van der Waals surface area contributed by atoms with Crippen LogP contribution in [0.1, 0.15) is 0 Å². The predicted octanol–water partition coefficient (Wildman–Crippen LogP) is -0.0196. The highest BCUT2D eigenvalue weighted by Crippen LogP contribution is 1.29. The predicted molar refractivity (Wildman–Crippen MR) is 25.7 cm³/mol. The van der Waals surface area contributed by atoms with Gasteiger partial charge in [-0.15, -0.1) is 24.8 Å². The highest BCUT2D eigenvalue weighted by atomic mass is 35.5. The van der Waals surface area contributed by atoms with Gasteiger partial charge >= 0.3 is 0 Å². The monoisotopic (exact) mass is 134 g/mol. The van der Waals surface area contributed by atoms with Crippen LogP contribution in [0, 0.1) is 10.1 Å². The Kier molecular flexibility index (Phi) is 25.2. The normalized spacial score (nSPS) is 4.00. The Balaban J connectivity index is -0.0000000450. The molecular formula is H4Cl2N2O2. The van der Waals surface area contributed by atoms with Gasteiger partial charge in [0.05, 0.1) is 0 Å². The fourth-order valence-corrected chi connectivity index (χ4v) is 0. The molecule has 0 aromatic carbocycles. The van der Waals surface area contributed by atoms with Gasteiger partial charge in [-0.2, -0.15) is 5.84 Å². The number of nitrogens with two attached hydrogens (primary N) is 1.